The van der Waals surface area contributed by atoms with Crippen LogP contribution in [0.25, 0.3) is 0 Å². The number of carbonyl (C=O) groups is 1. The summed E-state index contributed by atoms with van der Waals surface area (Å²) in [7, 11) is -3.05. The molecule has 6 nitrogen and oxygen atoms in total. The third kappa shape index (κ3) is 3.19. The molecule has 98 valence electrons. The number of hydrogen-bond acceptors (Lipinski definition) is 5. The first-order chi connectivity index (χ1) is 8.46. The predicted octanol–water partition coefficient (Wildman–Crippen LogP) is 0.0942. The second kappa shape index (κ2) is 4.93. The van der Waals surface area contributed by atoms with Gasteiger partial charge in [-0.15, -0.1) is 0 Å². The van der Waals surface area contributed by atoms with Crippen molar-refractivity contribution in [3.63, 3.8) is 0 Å². The Morgan fingerprint density at radius 1 is 1.44 bits per heavy atom. The van der Waals surface area contributed by atoms with E-state index in [-0.39, 0.29) is 28.9 Å². The van der Waals surface area contributed by atoms with Crippen LogP contribution in [0.4, 0.5) is 0 Å². The van der Waals surface area contributed by atoms with Crippen molar-refractivity contribution >= 4 is 15.7 Å². The molecular weight excluding hydrogens is 256 g/mol. The Labute approximate surface area is 105 Å². The molecule has 2 N–H and O–H groups in total. The number of pyridine rings is 1. The van der Waals surface area contributed by atoms with E-state index in [0.717, 1.165) is 0 Å². The average molecular weight is 270 g/mol. The number of rotatable bonds is 2. The second-order valence-corrected chi connectivity index (χ2v) is 6.59. The Balaban J connectivity index is 2.03. The van der Waals surface area contributed by atoms with Crippen LogP contribution in [0.3, 0.4) is 0 Å². The first-order valence-electron chi connectivity index (χ1n) is 5.61. The Morgan fingerprint density at radius 3 is 2.89 bits per heavy atom. The highest BCUT2D eigenvalue weighted by molar-refractivity contribution is 7.91. The van der Waals surface area contributed by atoms with E-state index < -0.39 is 15.7 Å². The van der Waals surface area contributed by atoms with Crippen LogP contribution in [0.2, 0.25) is 0 Å². The van der Waals surface area contributed by atoms with Gasteiger partial charge in [0.05, 0.1) is 23.3 Å². The van der Waals surface area contributed by atoms with Gasteiger partial charge in [-0.2, -0.15) is 0 Å². The standard InChI is InChI=1S/C11H14N2O4S/c14-10-4-8(5-12-6-10)11(15)13-9-2-1-3-18(16,17)7-9/h4-6,9,14H,1-3,7H2,(H,13,15). The molecule has 0 radical (unpaired) electrons. The summed E-state index contributed by atoms with van der Waals surface area (Å²) < 4.78 is 22.9. The maximum absolute atomic E-state index is 11.8. The van der Waals surface area contributed by atoms with E-state index >= 15 is 0 Å². The molecule has 0 bridgehead atoms. The largest absolute Gasteiger partial charge is 0.506 e. The van der Waals surface area contributed by atoms with Crippen molar-refractivity contribution in [3.05, 3.63) is 24.0 Å². The number of carbonyl (C=O) groups excluding carboxylic acids is 1. The molecule has 1 unspecified atom stereocenters. The zero-order chi connectivity index (χ0) is 13.2. The molecule has 1 aromatic heterocycles. The van der Waals surface area contributed by atoms with Gasteiger partial charge in [-0.25, -0.2) is 8.42 Å². The molecule has 1 aliphatic heterocycles. The van der Waals surface area contributed by atoms with Crippen LogP contribution in [0.1, 0.15) is 23.2 Å². The summed E-state index contributed by atoms with van der Waals surface area (Å²) in [5, 5.41) is 11.9. The summed E-state index contributed by atoms with van der Waals surface area (Å²) in [6.45, 7) is 0. The van der Waals surface area contributed by atoms with E-state index in [1.165, 1.54) is 18.5 Å². The van der Waals surface area contributed by atoms with Gasteiger partial charge in [0.1, 0.15) is 5.75 Å². The van der Waals surface area contributed by atoms with Gasteiger partial charge in [0, 0.05) is 12.2 Å². The molecule has 0 aromatic carbocycles. The number of aromatic nitrogens is 1. The van der Waals surface area contributed by atoms with Crippen molar-refractivity contribution in [1.82, 2.24) is 10.3 Å². The van der Waals surface area contributed by atoms with Gasteiger partial charge in [0.15, 0.2) is 9.84 Å². The molecular formula is C11H14N2O4S. The Morgan fingerprint density at radius 2 is 2.22 bits per heavy atom. The number of sulfone groups is 1. The van der Waals surface area contributed by atoms with E-state index in [2.05, 4.69) is 10.3 Å². The molecule has 1 aliphatic rings. The minimum atomic E-state index is -3.05. The van der Waals surface area contributed by atoms with Crippen LogP contribution in [0, 0.1) is 0 Å². The molecule has 0 aliphatic carbocycles. The topological polar surface area (TPSA) is 96.4 Å². The van der Waals surface area contributed by atoms with Crippen LogP contribution < -0.4 is 5.32 Å². The highest BCUT2D eigenvalue weighted by atomic mass is 32.2. The zero-order valence-corrected chi connectivity index (χ0v) is 10.5. The van der Waals surface area contributed by atoms with Gasteiger partial charge in [-0.05, 0) is 18.9 Å². The van der Waals surface area contributed by atoms with Crippen LogP contribution in [-0.4, -0.2) is 42.0 Å². The highest BCUT2D eigenvalue weighted by Crippen LogP contribution is 2.13. The van der Waals surface area contributed by atoms with Crippen LogP contribution in [0.5, 0.6) is 5.75 Å². The molecule has 18 heavy (non-hydrogen) atoms. The SMILES string of the molecule is O=C(NC1CCCS(=O)(=O)C1)c1cncc(O)c1. The van der Waals surface area contributed by atoms with Crippen LogP contribution in [-0.2, 0) is 9.84 Å². The predicted molar refractivity (Wildman–Crippen MR) is 65.0 cm³/mol. The Bertz CT molecular complexity index is 556. The van der Waals surface area contributed by atoms with Crippen molar-refractivity contribution < 1.29 is 18.3 Å². The number of amides is 1. The van der Waals surface area contributed by atoms with Crippen LogP contribution >= 0.6 is 0 Å². The van der Waals surface area contributed by atoms with Crippen molar-refractivity contribution in [1.29, 1.82) is 0 Å². The second-order valence-electron chi connectivity index (χ2n) is 4.36. The Kier molecular flexibility index (Phi) is 3.51. The van der Waals surface area contributed by atoms with Gasteiger partial charge in [0.25, 0.3) is 5.91 Å². The summed E-state index contributed by atoms with van der Waals surface area (Å²) in [6.07, 6.45) is 3.76. The molecule has 1 fully saturated rings. The van der Waals surface area contributed by atoms with E-state index in [9.17, 15) is 18.3 Å². The summed E-state index contributed by atoms with van der Waals surface area (Å²) in [5.41, 5.74) is 0.220. The molecule has 1 amide bonds. The molecule has 1 aromatic rings. The summed E-state index contributed by atoms with van der Waals surface area (Å²) >= 11 is 0. The molecule has 0 spiro atoms. The quantitative estimate of drug-likeness (QED) is 0.794. The summed E-state index contributed by atoms with van der Waals surface area (Å²) in [5.74, 6) is -0.350. The van der Waals surface area contributed by atoms with Crippen molar-refractivity contribution in [2.24, 2.45) is 0 Å². The van der Waals surface area contributed by atoms with Gasteiger partial charge >= 0.3 is 0 Å². The monoisotopic (exact) mass is 270 g/mol. The Hall–Kier alpha value is -1.63. The maximum atomic E-state index is 11.8. The molecule has 1 atom stereocenters. The summed E-state index contributed by atoms with van der Waals surface area (Å²) in [6, 6.07) is 0.929. The van der Waals surface area contributed by atoms with Gasteiger partial charge < -0.3 is 10.4 Å². The van der Waals surface area contributed by atoms with E-state index in [1.54, 1.807) is 0 Å². The lowest BCUT2D eigenvalue weighted by Gasteiger charge is -2.22. The minimum absolute atomic E-state index is 0.0228. The van der Waals surface area contributed by atoms with E-state index in [4.69, 9.17) is 0 Å². The van der Waals surface area contributed by atoms with Gasteiger partial charge in [-0.3, -0.25) is 9.78 Å². The molecule has 2 rings (SSSR count). The van der Waals surface area contributed by atoms with Crippen molar-refractivity contribution in [2.45, 2.75) is 18.9 Å². The third-order valence-electron chi connectivity index (χ3n) is 2.78. The van der Waals surface area contributed by atoms with Crippen LogP contribution in [0.15, 0.2) is 18.5 Å². The maximum Gasteiger partial charge on any atom is 0.253 e. The lowest BCUT2D eigenvalue weighted by Crippen LogP contribution is -2.43. The number of aromatic hydroxyl groups is 1. The fourth-order valence-electron chi connectivity index (χ4n) is 1.96. The highest BCUT2D eigenvalue weighted by Gasteiger charge is 2.26. The van der Waals surface area contributed by atoms with Gasteiger partial charge in [-0.1, -0.05) is 0 Å². The van der Waals surface area contributed by atoms with Gasteiger partial charge in [0.2, 0.25) is 0 Å². The average Bonchev–Trinajstić information content (AvgIpc) is 2.27. The fraction of sp³-hybridized carbons (Fsp3) is 0.455. The fourth-order valence-corrected chi connectivity index (χ4v) is 3.59. The molecule has 7 heteroatoms. The summed E-state index contributed by atoms with van der Waals surface area (Å²) in [4.78, 5) is 15.5. The van der Waals surface area contributed by atoms with E-state index in [1.807, 2.05) is 0 Å². The lowest BCUT2D eigenvalue weighted by molar-refractivity contribution is 0.0937. The van der Waals surface area contributed by atoms with Crippen molar-refractivity contribution in [2.75, 3.05) is 11.5 Å². The minimum Gasteiger partial charge on any atom is -0.506 e. The number of nitrogens with one attached hydrogen (secondary N) is 1. The van der Waals surface area contributed by atoms with E-state index in [0.29, 0.717) is 12.8 Å². The number of hydrogen-bond donors (Lipinski definition) is 2. The third-order valence-corrected chi connectivity index (χ3v) is 4.61. The molecule has 1 saturated heterocycles. The number of nitrogens with zero attached hydrogens (tertiary/aromatic N) is 1. The smallest absolute Gasteiger partial charge is 0.253 e. The first kappa shape index (κ1) is 12.8. The molecule has 2 heterocycles. The normalized spacial score (nSPS) is 22.3. The lowest BCUT2D eigenvalue weighted by atomic mass is 10.1. The first-order valence-corrected chi connectivity index (χ1v) is 7.44. The molecule has 0 saturated carbocycles. The zero-order valence-electron chi connectivity index (χ0n) is 9.67. The van der Waals surface area contributed by atoms with Crippen molar-refractivity contribution in [3.8, 4) is 5.75 Å².